The number of aryl methyl sites for hydroxylation is 1. The maximum Gasteiger partial charge on any atom is 0.227 e. The van der Waals surface area contributed by atoms with Crippen molar-refractivity contribution in [1.82, 2.24) is 14.8 Å². The molecule has 1 aliphatic carbocycles. The first kappa shape index (κ1) is 20.1. The Kier molecular flexibility index (Phi) is 4.97. The molecule has 3 aromatic rings. The van der Waals surface area contributed by atoms with Crippen LogP contribution in [0.1, 0.15) is 49.4 Å². The predicted molar refractivity (Wildman–Crippen MR) is 124 cm³/mol. The summed E-state index contributed by atoms with van der Waals surface area (Å²) in [7, 11) is 0. The van der Waals surface area contributed by atoms with Crippen molar-refractivity contribution in [3.8, 4) is 0 Å². The fourth-order valence-corrected chi connectivity index (χ4v) is 5.31. The van der Waals surface area contributed by atoms with Gasteiger partial charge in [0.2, 0.25) is 11.1 Å². The molecule has 5 nitrogen and oxygen atoms in total. The van der Waals surface area contributed by atoms with Crippen molar-refractivity contribution in [3.05, 3.63) is 82.6 Å². The predicted octanol–water partition coefficient (Wildman–Crippen LogP) is 5.54. The van der Waals surface area contributed by atoms with E-state index in [-0.39, 0.29) is 17.2 Å². The van der Waals surface area contributed by atoms with Gasteiger partial charge in [-0.2, -0.15) is 4.98 Å². The van der Waals surface area contributed by atoms with E-state index in [1.165, 1.54) is 11.1 Å². The number of Topliss-reactive ketones (excluding diaryl/α,β-unsaturated/α-hetero) is 1. The van der Waals surface area contributed by atoms with Crippen LogP contribution >= 0.6 is 11.8 Å². The van der Waals surface area contributed by atoms with E-state index in [0.717, 1.165) is 34.2 Å². The zero-order valence-electron chi connectivity index (χ0n) is 18.1. The van der Waals surface area contributed by atoms with Crippen molar-refractivity contribution in [1.29, 1.82) is 0 Å². The Morgan fingerprint density at radius 1 is 1.13 bits per heavy atom. The summed E-state index contributed by atoms with van der Waals surface area (Å²) in [6.45, 7) is 6.38. The average molecular weight is 431 g/mol. The van der Waals surface area contributed by atoms with Crippen LogP contribution in [0, 0.1) is 12.3 Å². The molecule has 0 saturated carbocycles. The summed E-state index contributed by atoms with van der Waals surface area (Å²) in [5, 5.41) is 9.01. The number of rotatable bonds is 4. The van der Waals surface area contributed by atoms with Gasteiger partial charge < -0.3 is 5.32 Å². The summed E-state index contributed by atoms with van der Waals surface area (Å²) < 4.78 is 1.90. The van der Waals surface area contributed by atoms with Gasteiger partial charge in [-0.3, -0.25) is 4.79 Å². The highest BCUT2D eigenvalue weighted by atomic mass is 32.2. The van der Waals surface area contributed by atoms with Crippen molar-refractivity contribution in [2.75, 3.05) is 5.32 Å². The number of thioether (sulfide) groups is 1. The van der Waals surface area contributed by atoms with E-state index < -0.39 is 0 Å². The van der Waals surface area contributed by atoms with Crippen LogP contribution in [0.15, 0.2) is 71.0 Å². The number of anilines is 1. The fourth-order valence-electron chi connectivity index (χ4n) is 4.52. The average Bonchev–Trinajstić information content (AvgIpc) is 3.13. The first-order valence-corrected chi connectivity index (χ1v) is 11.6. The SMILES string of the molecule is Cc1cccc(C2C3=C(CC(C)(C)CC3=O)Nc3nc(SCc4ccccc4)nn32)c1. The van der Waals surface area contributed by atoms with Gasteiger partial charge in [0.05, 0.1) is 0 Å². The van der Waals surface area contributed by atoms with Crippen molar-refractivity contribution in [3.63, 3.8) is 0 Å². The highest BCUT2D eigenvalue weighted by molar-refractivity contribution is 7.98. The van der Waals surface area contributed by atoms with Gasteiger partial charge in [-0.15, -0.1) is 5.10 Å². The second kappa shape index (κ2) is 7.68. The second-order valence-corrected chi connectivity index (χ2v) is 10.2. The number of ketones is 1. The molecule has 5 rings (SSSR count). The number of hydrogen-bond donors (Lipinski definition) is 1. The third kappa shape index (κ3) is 3.92. The van der Waals surface area contributed by atoms with Gasteiger partial charge in [0, 0.05) is 23.4 Å². The number of carbonyl (C=O) groups is 1. The van der Waals surface area contributed by atoms with Crippen molar-refractivity contribution >= 4 is 23.5 Å². The lowest BCUT2D eigenvalue weighted by molar-refractivity contribution is -0.118. The molecule has 31 heavy (non-hydrogen) atoms. The molecule has 158 valence electrons. The molecule has 2 aliphatic rings. The summed E-state index contributed by atoms with van der Waals surface area (Å²) in [6.07, 6.45) is 1.38. The highest BCUT2D eigenvalue weighted by Gasteiger charge is 2.41. The molecule has 1 atom stereocenters. The van der Waals surface area contributed by atoms with Crippen LogP contribution < -0.4 is 5.32 Å². The van der Waals surface area contributed by atoms with E-state index in [9.17, 15) is 4.79 Å². The smallest absolute Gasteiger partial charge is 0.227 e. The molecule has 2 aromatic carbocycles. The first-order valence-electron chi connectivity index (χ1n) is 10.6. The number of nitrogens with one attached hydrogen (secondary N) is 1. The van der Waals surface area contributed by atoms with E-state index in [1.807, 2.05) is 28.9 Å². The molecular weight excluding hydrogens is 404 g/mol. The van der Waals surface area contributed by atoms with Crippen LogP contribution in [0.4, 0.5) is 5.95 Å². The maximum absolute atomic E-state index is 13.3. The Labute approximate surface area is 187 Å². The molecular formula is C25H26N4OS. The summed E-state index contributed by atoms with van der Waals surface area (Å²) in [6, 6.07) is 18.4. The number of carbonyl (C=O) groups excluding carboxylic acids is 1. The highest BCUT2D eigenvalue weighted by Crippen LogP contribution is 2.45. The first-order chi connectivity index (χ1) is 14.9. The lowest BCUT2D eigenvalue weighted by atomic mass is 9.73. The van der Waals surface area contributed by atoms with Gasteiger partial charge in [-0.1, -0.05) is 85.8 Å². The van der Waals surface area contributed by atoms with Crippen LogP contribution in [-0.4, -0.2) is 20.5 Å². The number of fused-ring (bicyclic) bond motifs is 1. The molecule has 0 amide bonds. The Hall–Kier alpha value is -2.86. The Bertz CT molecular complexity index is 1180. The summed E-state index contributed by atoms with van der Waals surface area (Å²) in [4.78, 5) is 18.1. The van der Waals surface area contributed by atoms with Gasteiger partial charge >= 0.3 is 0 Å². The molecule has 0 spiro atoms. The summed E-state index contributed by atoms with van der Waals surface area (Å²) in [5.74, 6) is 1.72. The minimum atomic E-state index is -0.242. The summed E-state index contributed by atoms with van der Waals surface area (Å²) in [5.41, 5.74) is 5.25. The third-order valence-corrected chi connectivity index (χ3v) is 6.79. The van der Waals surface area contributed by atoms with Crippen molar-refractivity contribution < 1.29 is 4.79 Å². The van der Waals surface area contributed by atoms with Crippen LogP contribution in [-0.2, 0) is 10.5 Å². The van der Waals surface area contributed by atoms with Gasteiger partial charge in [-0.05, 0) is 29.9 Å². The Morgan fingerprint density at radius 2 is 1.94 bits per heavy atom. The standard InChI is InChI=1S/C25H26N4OS/c1-16-8-7-11-18(12-16)22-21-19(13-25(2,3)14-20(21)30)26-23-27-24(28-29(22)23)31-15-17-9-5-4-6-10-17/h4-12,22H,13-15H2,1-3H3,(H,26,27,28). The van der Waals surface area contributed by atoms with E-state index in [4.69, 9.17) is 10.1 Å². The number of nitrogens with zero attached hydrogens (tertiary/aromatic N) is 3. The van der Waals surface area contributed by atoms with Gasteiger partial charge in [0.25, 0.3) is 0 Å². The molecule has 1 unspecified atom stereocenters. The van der Waals surface area contributed by atoms with E-state index in [0.29, 0.717) is 12.4 Å². The zero-order valence-corrected chi connectivity index (χ0v) is 18.9. The van der Waals surface area contributed by atoms with Crippen LogP contribution in [0.3, 0.4) is 0 Å². The number of hydrogen-bond acceptors (Lipinski definition) is 5. The molecule has 0 fully saturated rings. The molecule has 1 aliphatic heterocycles. The van der Waals surface area contributed by atoms with Gasteiger partial charge in [0.1, 0.15) is 6.04 Å². The molecule has 6 heteroatoms. The van der Waals surface area contributed by atoms with E-state index >= 15 is 0 Å². The third-order valence-electron chi connectivity index (χ3n) is 5.88. The molecule has 1 N–H and O–H groups in total. The minimum absolute atomic E-state index is 0.0623. The molecule has 0 radical (unpaired) electrons. The molecule has 0 bridgehead atoms. The monoisotopic (exact) mass is 430 g/mol. The van der Waals surface area contributed by atoms with Crippen molar-refractivity contribution in [2.45, 2.75) is 50.6 Å². The minimum Gasteiger partial charge on any atom is -0.328 e. The fraction of sp³-hybridized carbons (Fsp3) is 0.320. The van der Waals surface area contributed by atoms with Gasteiger partial charge in [-0.25, -0.2) is 4.68 Å². The molecule has 0 saturated heterocycles. The lowest BCUT2D eigenvalue weighted by Gasteiger charge is -2.38. The molecule has 2 heterocycles. The largest absolute Gasteiger partial charge is 0.328 e. The van der Waals surface area contributed by atoms with Gasteiger partial charge in [0.15, 0.2) is 5.78 Å². The Morgan fingerprint density at radius 3 is 2.71 bits per heavy atom. The quantitative estimate of drug-likeness (QED) is 0.551. The number of allylic oxidation sites excluding steroid dienone is 2. The Balaban J connectivity index is 1.55. The molecule has 1 aromatic heterocycles. The van der Waals surface area contributed by atoms with Crippen LogP contribution in [0.25, 0.3) is 0 Å². The lowest BCUT2D eigenvalue weighted by Crippen LogP contribution is -2.36. The number of aromatic nitrogens is 3. The maximum atomic E-state index is 13.3. The van der Waals surface area contributed by atoms with Crippen LogP contribution in [0.5, 0.6) is 0 Å². The number of benzene rings is 2. The normalized spacial score (nSPS) is 19.6. The zero-order chi connectivity index (χ0) is 21.6. The summed E-state index contributed by atoms with van der Waals surface area (Å²) >= 11 is 1.61. The van der Waals surface area contributed by atoms with Crippen LogP contribution in [0.2, 0.25) is 0 Å². The topological polar surface area (TPSA) is 59.8 Å². The van der Waals surface area contributed by atoms with E-state index in [2.05, 4.69) is 56.4 Å². The van der Waals surface area contributed by atoms with Crippen molar-refractivity contribution in [2.24, 2.45) is 5.41 Å². The second-order valence-electron chi connectivity index (χ2n) is 9.21. The van der Waals surface area contributed by atoms with E-state index in [1.54, 1.807) is 11.8 Å².